The van der Waals surface area contributed by atoms with E-state index in [1.54, 1.807) is 0 Å². The van der Waals surface area contributed by atoms with Crippen molar-refractivity contribution >= 4 is 0 Å². The molecule has 84 valence electrons. The van der Waals surface area contributed by atoms with Crippen LogP contribution < -0.4 is 5.48 Å². The number of benzene rings is 1. The van der Waals surface area contributed by atoms with Crippen molar-refractivity contribution in [3.05, 3.63) is 35.9 Å². The van der Waals surface area contributed by atoms with E-state index in [1.165, 1.54) is 5.56 Å². The molecule has 1 rings (SSSR count). The molecule has 0 fully saturated rings. The molecule has 3 heteroatoms. The molecule has 1 aromatic carbocycles. The highest BCUT2D eigenvalue weighted by Crippen LogP contribution is 1.99. The first kappa shape index (κ1) is 12.2. The third-order valence-electron chi connectivity index (χ3n) is 1.87. The fourth-order valence-corrected chi connectivity index (χ4v) is 1.12. The van der Waals surface area contributed by atoms with E-state index in [9.17, 15) is 0 Å². The Morgan fingerprint density at radius 1 is 1.13 bits per heavy atom. The average Bonchev–Trinajstić information content (AvgIpc) is 2.29. The highest BCUT2D eigenvalue weighted by atomic mass is 16.6. The second-order valence-electron chi connectivity index (χ2n) is 3.28. The van der Waals surface area contributed by atoms with Crippen LogP contribution >= 0.6 is 0 Å². The van der Waals surface area contributed by atoms with Gasteiger partial charge in [0, 0.05) is 6.54 Å². The average molecular weight is 209 g/mol. The first-order chi connectivity index (χ1) is 7.43. The van der Waals surface area contributed by atoms with Gasteiger partial charge >= 0.3 is 0 Å². The first-order valence-electron chi connectivity index (χ1n) is 5.40. The molecule has 0 aliphatic rings. The van der Waals surface area contributed by atoms with Gasteiger partial charge in [0.25, 0.3) is 0 Å². The Kier molecular flexibility index (Phi) is 6.83. The standard InChI is InChI=1S/C12H19NO2/c1-2-9-15-13-8-10-14-11-12-6-4-3-5-7-12/h3-7,13H,2,8-11H2,1H3. The van der Waals surface area contributed by atoms with Gasteiger partial charge in [-0.2, -0.15) is 0 Å². The van der Waals surface area contributed by atoms with Crippen molar-refractivity contribution in [1.29, 1.82) is 0 Å². The van der Waals surface area contributed by atoms with Crippen molar-refractivity contribution in [2.24, 2.45) is 0 Å². The maximum Gasteiger partial charge on any atom is 0.0717 e. The van der Waals surface area contributed by atoms with Gasteiger partial charge in [-0.25, -0.2) is 5.48 Å². The molecule has 3 nitrogen and oxygen atoms in total. The lowest BCUT2D eigenvalue weighted by Gasteiger charge is -2.05. The Bertz CT molecular complexity index is 239. The lowest BCUT2D eigenvalue weighted by molar-refractivity contribution is 0.0180. The monoisotopic (exact) mass is 209 g/mol. The summed E-state index contributed by atoms with van der Waals surface area (Å²) in [6, 6.07) is 10.1. The van der Waals surface area contributed by atoms with Crippen LogP contribution in [0.4, 0.5) is 0 Å². The Balaban J connectivity index is 1.93. The predicted molar refractivity (Wildman–Crippen MR) is 60.3 cm³/mol. The zero-order chi connectivity index (χ0) is 10.8. The van der Waals surface area contributed by atoms with Crippen molar-refractivity contribution in [3.63, 3.8) is 0 Å². The number of nitrogens with one attached hydrogen (secondary N) is 1. The number of hydrogen-bond acceptors (Lipinski definition) is 3. The summed E-state index contributed by atoms with van der Waals surface area (Å²) in [5, 5.41) is 0. The minimum absolute atomic E-state index is 0.663. The number of ether oxygens (including phenoxy) is 1. The minimum Gasteiger partial charge on any atom is -0.375 e. The summed E-state index contributed by atoms with van der Waals surface area (Å²) in [6.45, 7) is 4.88. The van der Waals surface area contributed by atoms with E-state index in [1.807, 2.05) is 18.2 Å². The third kappa shape index (κ3) is 6.23. The van der Waals surface area contributed by atoms with Crippen LogP contribution in [-0.4, -0.2) is 19.8 Å². The van der Waals surface area contributed by atoms with Crippen LogP contribution in [0.25, 0.3) is 0 Å². The topological polar surface area (TPSA) is 30.5 Å². The SMILES string of the molecule is CCCONCCOCc1ccccc1. The summed E-state index contributed by atoms with van der Waals surface area (Å²) in [7, 11) is 0. The molecule has 0 heterocycles. The van der Waals surface area contributed by atoms with Crippen molar-refractivity contribution in [2.75, 3.05) is 19.8 Å². The van der Waals surface area contributed by atoms with E-state index in [0.29, 0.717) is 13.2 Å². The van der Waals surface area contributed by atoms with Crippen LogP contribution in [0.3, 0.4) is 0 Å². The van der Waals surface area contributed by atoms with Crippen molar-refractivity contribution in [3.8, 4) is 0 Å². The van der Waals surface area contributed by atoms with Crippen molar-refractivity contribution in [2.45, 2.75) is 20.0 Å². The molecular formula is C12H19NO2. The summed E-state index contributed by atoms with van der Waals surface area (Å²) in [5.41, 5.74) is 4.05. The molecule has 0 radical (unpaired) electrons. The van der Waals surface area contributed by atoms with Gasteiger partial charge in [-0.1, -0.05) is 37.3 Å². The van der Waals surface area contributed by atoms with Crippen LogP contribution in [-0.2, 0) is 16.2 Å². The summed E-state index contributed by atoms with van der Waals surface area (Å²) in [5.74, 6) is 0. The zero-order valence-corrected chi connectivity index (χ0v) is 9.24. The molecule has 1 aromatic rings. The van der Waals surface area contributed by atoms with E-state index in [-0.39, 0.29) is 0 Å². The largest absolute Gasteiger partial charge is 0.375 e. The van der Waals surface area contributed by atoms with Crippen LogP contribution in [0.1, 0.15) is 18.9 Å². The molecule has 0 saturated heterocycles. The Morgan fingerprint density at radius 3 is 2.67 bits per heavy atom. The normalized spacial score (nSPS) is 10.5. The molecule has 0 aliphatic carbocycles. The Labute approximate surface area is 91.4 Å². The molecule has 15 heavy (non-hydrogen) atoms. The van der Waals surface area contributed by atoms with E-state index in [2.05, 4.69) is 24.5 Å². The smallest absolute Gasteiger partial charge is 0.0717 e. The van der Waals surface area contributed by atoms with Crippen LogP contribution in [0.2, 0.25) is 0 Å². The quantitative estimate of drug-likeness (QED) is 0.525. The maximum atomic E-state index is 5.46. The molecular weight excluding hydrogens is 190 g/mol. The number of hydrogen-bond donors (Lipinski definition) is 1. The van der Waals surface area contributed by atoms with Crippen molar-refractivity contribution in [1.82, 2.24) is 5.48 Å². The van der Waals surface area contributed by atoms with Crippen LogP contribution in [0, 0.1) is 0 Å². The van der Waals surface area contributed by atoms with Gasteiger partial charge in [0.05, 0.1) is 19.8 Å². The molecule has 0 aromatic heterocycles. The number of hydroxylamine groups is 1. The molecule has 0 saturated carbocycles. The molecule has 0 bridgehead atoms. The summed E-state index contributed by atoms with van der Waals surface area (Å²) >= 11 is 0. The lowest BCUT2D eigenvalue weighted by atomic mass is 10.2. The van der Waals surface area contributed by atoms with Gasteiger partial charge < -0.3 is 9.57 Å². The van der Waals surface area contributed by atoms with Crippen LogP contribution in [0.5, 0.6) is 0 Å². The fourth-order valence-electron chi connectivity index (χ4n) is 1.12. The van der Waals surface area contributed by atoms with Gasteiger partial charge in [0.1, 0.15) is 0 Å². The van der Waals surface area contributed by atoms with E-state index >= 15 is 0 Å². The highest BCUT2D eigenvalue weighted by molar-refractivity contribution is 5.13. The van der Waals surface area contributed by atoms with E-state index < -0.39 is 0 Å². The predicted octanol–water partition coefficient (Wildman–Crippen LogP) is 2.13. The van der Waals surface area contributed by atoms with Crippen LogP contribution in [0.15, 0.2) is 30.3 Å². The lowest BCUT2D eigenvalue weighted by Crippen LogP contribution is -2.20. The molecule has 0 unspecified atom stereocenters. The van der Waals surface area contributed by atoms with Gasteiger partial charge in [-0.05, 0) is 12.0 Å². The summed E-state index contributed by atoms with van der Waals surface area (Å²) in [4.78, 5) is 5.11. The third-order valence-corrected chi connectivity index (χ3v) is 1.87. The first-order valence-corrected chi connectivity index (χ1v) is 5.40. The Hall–Kier alpha value is -0.900. The molecule has 0 atom stereocenters. The van der Waals surface area contributed by atoms with E-state index in [0.717, 1.165) is 19.6 Å². The molecule has 0 aliphatic heterocycles. The second kappa shape index (κ2) is 8.41. The van der Waals surface area contributed by atoms with Gasteiger partial charge in [-0.3, -0.25) is 0 Å². The highest BCUT2D eigenvalue weighted by Gasteiger charge is 1.91. The summed E-state index contributed by atoms with van der Waals surface area (Å²) in [6.07, 6.45) is 1.03. The van der Waals surface area contributed by atoms with Gasteiger partial charge in [-0.15, -0.1) is 0 Å². The zero-order valence-electron chi connectivity index (χ0n) is 9.24. The number of rotatable bonds is 8. The van der Waals surface area contributed by atoms with Gasteiger partial charge in [0.2, 0.25) is 0 Å². The minimum atomic E-state index is 0.663. The fraction of sp³-hybridized carbons (Fsp3) is 0.500. The van der Waals surface area contributed by atoms with E-state index in [4.69, 9.17) is 9.57 Å². The molecule has 1 N–H and O–H groups in total. The Morgan fingerprint density at radius 2 is 1.93 bits per heavy atom. The molecule has 0 spiro atoms. The maximum absolute atomic E-state index is 5.46. The summed E-state index contributed by atoms with van der Waals surface area (Å²) < 4.78 is 5.46. The van der Waals surface area contributed by atoms with Crippen molar-refractivity contribution < 1.29 is 9.57 Å². The van der Waals surface area contributed by atoms with Gasteiger partial charge in [0.15, 0.2) is 0 Å². The second-order valence-corrected chi connectivity index (χ2v) is 3.28. The molecule has 0 amide bonds.